The molecule has 1 aromatic carbocycles. The second kappa shape index (κ2) is 5.65. The Morgan fingerprint density at radius 2 is 1.83 bits per heavy atom. The number of anilines is 2. The first-order valence-electron chi connectivity index (χ1n) is 6.26. The van der Waals surface area contributed by atoms with E-state index in [1.807, 2.05) is 37.4 Å². The molecule has 0 aliphatic rings. The van der Waals surface area contributed by atoms with Crippen LogP contribution in [-0.2, 0) is 0 Å². The van der Waals surface area contributed by atoms with Crippen LogP contribution in [0.15, 0.2) is 48.7 Å². The summed E-state index contributed by atoms with van der Waals surface area (Å²) in [7, 11) is 0. The third-order valence-corrected chi connectivity index (χ3v) is 2.93. The van der Waals surface area contributed by atoms with E-state index in [4.69, 9.17) is 5.73 Å². The highest BCUT2D eigenvalue weighted by Crippen LogP contribution is 2.24. The first-order valence-corrected chi connectivity index (χ1v) is 6.26. The predicted octanol–water partition coefficient (Wildman–Crippen LogP) is 3.26. The number of pyridine rings is 1. The highest BCUT2D eigenvalue weighted by Gasteiger charge is 2.08. The van der Waals surface area contributed by atoms with Crippen LogP contribution in [0.25, 0.3) is 0 Å². The van der Waals surface area contributed by atoms with Crippen molar-refractivity contribution in [3.63, 3.8) is 0 Å². The fourth-order valence-corrected chi connectivity index (χ4v) is 1.95. The summed E-state index contributed by atoms with van der Waals surface area (Å²) in [5.74, 6) is 0. The van der Waals surface area contributed by atoms with Crippen LogP contribution in [0.1, 0.15) is 25.6 Å². The molecule has 1 heterocycles. The SMILES string of the molecule is CCN(c1ccccc1)c1ccc([C@@H](C)N)nc1. The molecule has 2 rings (SSSR count). The Labute approximate surface area is 108 Å². The zero-order chi connectivity index (χ0) is 13.0. The molecule has 3 nitrogen and oxygen atoms in total. The van der Waals surface area contributed by atoms with Crippen molar-refractivity contribution in [3.05, 3.63) is 54.4 Å². The molecule has 1 atom stereocenters. The Bertz CT molecular complexity index is 477. The molecule has 1 aromatic heterocycles. The Morgan fingerprint density at radius 1 is 1.11 bits per heavy atom. The average molecular weight is 241 g/mol. The van der Waals surface area contributed by atoms with E-state index in [2.05, 4.69) is 35.0 Å². The fraction of sp³-hybridized carbons (Fsp3) is 0.267. The molecular formula is C15H19N3. The lowest BCUT2D eigenvalue weighted by Crippen LogP contribution is -2.16. The van der Waals surface area contributed by atoms with Gasteiger partial charge in [-0.3, -0.25) is 4.98 Å². The van der Waals surface area contributed by atoms with Gasteiger partial charge in [0.25, 0.3) is 0 Å². The molecule has 0 bridgehead atoms. The minimum absolute atomic E-state index is 0.0224. The number of nitrogens with two attached hydrogens (primary N) is 1. The summed E-state index contributed by atoms with van der Waals surface area (Å²) in [5, 5.41) is 0. The zero-order valence-corrected chi connectivity index (χ0v) is 10.9. The first kappa shape index (κ1) is 12.6. The standard InChI is InChI=1S/C15H19N3/c1-3-18(13-7-5-4-6-8-13)14-9-10-15(12(2)16)17-11-14/h4-12H,3,16H2,1-2H3/t12-/m1/s1. The van der Waals surface area contributed by atoms with Crippen molar-refractivity contribution in [2.24, 2.45) is 5.73 Å². The Balaban J connectivity index is 2.28. The van der Waals surface area contributed by atoms with Gasteiger partial charge in [-0.25, -0.2) is 0 Å². The third kappa shape index (κ3) is 2.68. The summed E-state index contributed by atoms with van der Waals surface area (Å²) in [6.45, 7) is 4.98. The van der Waals surface area contributed by atoms with Crippen LogP contribution in [-0.4, -0.2) is 11.5 Å². The van der Waals surface area contributed by atoms with Gasteiger partial charge in [0.1, 0.15) is 0 Å². The second-order valence-corrected chi connectivity index (χ2v) is 4.31. The number of nitrogens with zero attached hydrogens (tertiary/aromatic N) is 2. The van der Waals surface area contributed by atoms with E-state index in [1.54, 1.807) is 0 Å². The monoisotopic (exact) mass is 241 g/mol. The molecule has 2 aromatic rings. The number of benzene rings is 1. The summed E-state index contributed by atoms with van der Waals surface area (Å²) >= 11 is 0. The molecule has 0 amide bonds. The topological polar surface area (TPSA) is 42.1 Å². The van der Waals surface area contributed by atoms with Crippen LogP contribution < -0.4 is 10.6 Å². The molecule has 0 aliphatic heterocycles. The van der Waals surface area contributed by atoms with Crippen molar-refractivity contribution in [1.29, 1.82) is 0 Å². The normalized spacial score (nSPS) is 12.2. The highest BCUT2D eigenvalue weighted by atomic mass is 15.1. The number of para-hydroxylation sites is 1. The van der Waals surface area contributed by atoms with Crippen LogP contribution >= 0.6 is 0 Å². The average Bonchev–Trinajstić information content (AvgIpc) is 2.41. The third-order valence-electron chi connectivity index (χ3n) is 2.93. The van der Waals surface area contributed by atoms with Crippen molar-refractivity contribution in [3.8, 4) is 0 Å². The first-order chi connectivity index (χ1) is 8.72. The number of aromatic nitrogens is 1. The van der Waals surface area contributed by atoms with E-state index in [0.717, 1.165) is 17.9 Å². The molecular weight excluding hydrogens is 222 g/mol. The van der Waals surface area contributed by atoms with Crippen molar-refractivity contribution in [1.82, 2.24) is 4.98 Å². The van der Waals surface area contributed by atoms with E-state index in [1.165, 1.54) is 5.69 Å². The van der Waals surface area contributed by atoms with Gasteiger partial charge in [0.2, 0.25) is 0 Å². The lowest BCUT2D eigenvalue weighted by atomic mass is 10.2. The number of hydrogen-bond acceptors (Lipinski definition) is 3. The molecule has 0 unspecified atom stereocenters. The lowest BCUT2D eigenvalue weighted by molar-refractivity contribution is 0.780. The Kier molecular flexibility index (Phi) is 3.95. The van der Waals surface area contributed by atoms with Crippen LogP contribution in [0, 0.1) is 0 Å². The van der Waals surface area contributed by atoms with Crippen molar-refractivity contribution in [2.45, 2.75) is 19.9 Å². The summed E-state index contributed by atoms with van der Waals surface area (Å²) in [6.07, 6.45) is 1.88. The van der Waals surface area contributed by atoms with Crippen molar-refractivity contribution in [2.75, 3.05) is 11.4 Å². The maximum absolute atomic E-state index is 5.81. The number of rotatable bonds is 4. The van der Waals surface area contributed by atoms with E-state index < -0.39 is 0 Å². The van der Waals surface area contributed by atoms with Gasteiger partial charge in [-0.1, -0.05) is 18.2 Å². The van der Waals surface area contributed by atoms with Gasteiger partial charge >= 0.3 is 0 Å². The molecule has 0 spiro atoms. The largest absolute Gasteiger partial charge is 0.341 e. The predicted molar refractivity (Wildman–Crippen MR) is 76.0 cm³/mol. The van der Waals surface area contributed by atoms with Crippen LogP contribution in [0.3, 0.4) is 0 Å². The summed E-state index contributed by atoms with van der Waals surface area (Å²) in [5.41, 5.74) is 8.99. The maximum Gasteiger partial charge on any atom is 0.0597 e. The Hall–Kier alpha value is -1.87. The maximum atomic E-state index is 5.81. The van der Waals surface area contributed by atoms with E-state index >= 15 is 0 Å². The molecule has 0 radical (unpaired) electrons. The minimum Gasteiger partial charge on any atom is -0.341 e. The summed E-state index contributed by atoms with van der Waals surface area (Å²) in [4.78, 5) is 6.63. The fourth-order valence-electron chi connectivity index (χ4n) is 1.95. The Morgan fingerprint density at radius 3 is 2.33 bits per heavy atom. The summed E-state index contributed by atoms with van der Waals surface area (Å²) in [6, 6.07) is 14.4. The van der Waals surface area contributed by atoms with Crippen molar-refractivity contribution >= 4 is 11.4 Å². The summed E-state index contributed by atoms with van der Waals surface area (Å²) < 4.78 is 0. The number of hydrogen-bond donors (Lipinski definition) is 1. The molecule has 18 heavy (non-hydrogen) atoms. The zero-order valence-electron chi connectivity index (χ0n) is 10.9. The van der Waals surface area contributed by atoms with Gasteiger partial charge in [0, 0.05) is 18.3 Å². The van der Waals surface area contributed by atoms with E-state index in [9.17, 15) is 0 Å². The van der Waals surface area contributed by atoms with Crippen LogP contribution in [0.5, 0.6) is 0 Å². The van der Waals surface area contributed by atoms with Gasteiger partial charge in [0.15, 0.2) is 0 Å². The molecule has 0 saturated heterocycles. The molecule has 94 valence electrons. The molecule has 2 N–H and O–H groups in total. The van der Waals surface area contributed by atoms with Gasteiger partial charge in [-0.15, -0.1) is 0 Å². The minimum atomic E-state index is -0.0224. The van der Waals surface area contributed by atoms with Crippen molar-refractivity contribution < 1.29 is 0 Å². The van der Waals surface area contributed by atoms with Gasteiger partial charge < -0.3 is 10.6 Å². The van der Waals surface area contributed by atoms with Gasteiger partial charge in [-0.05, 0) is 38.1 Å². The highest BCUT2D eigenvalue weighted by molar-refractivity contribution is 5.62. The van der Waals surface area contributed by atoms with E-state index in [0.29, 0.717) is 0 Å². The van der Waals surface area contributed by atoms with Gasteiger partial charge in [0.05, 0.1) is 17.6 Å². The molecule has 0 fully saturated rings. The quantitative estimate of drug-likeness (QED) is 0.893. The van der Waals surface area contributed by atoms with Gasteiger partial charge in [-0.2, -0.15) is 0 Å². The lowest BCUT2D eigenvalue weighted by Gasteiger charge is -2.23. The van der Waals surface area contributed by atoms with Crippen LogP contribution in [0.2, 0.25) is 0 Å². The van der Waals surface area contributed by atoms with Crippen LogP contribution in [0.4, 0.5) is 11.4 Å². The smallest absolute Gasteiger partial charge is 0.0597 e. The molecule has 0 aliphatic carbocycles. The molecule has 0 saturated carbocycles. The molecule has 3 heteroatoms. The van der Waals surface area contributed by atoms with E-state index in [-0.39, 0.29) is 6.04 Å². The second-order valence-electron chi connectivity index (χ2n) is 4.31.